The number of halogens is 1. The fourth-order valence-electron chi connectivity index (χ4n) is 1.83. The zero-order chi connectivity index (χ0) is 14.2. The maximum Gasteiger partial charge on any atom is 0.344 e. The Balaban J connectivity index is 2.61. The molecule has 0 saturated heterocycles. The summed E-state index contributed by atoms with van der Waals surface area (Å²) in [6, 6.07) is 5.28. The summed E-state index contributed by atoms with van der Waals surface area (Å²) in [6.07, 6.45) is -0.916. The zero-order valence-electron chi connectivity index (χ0n) is 10.9. The Labute approximate surface area is 116 Å². The molecule has 0 aliphatic carbocycles. The Bertz CT molecular complexity index is 655. The predicted molar refractivity (Wildman–Crippen MR) is 74.0 cm³/mol. The van der Waals surface area contributed by atoms with Gasteiger partial charge in [0.25, 0.3) is 0 Å². The SMILES string of the molecule is Cc1cc(OC(C)C(=O)O)c2ccc(Cl)c(C)c2n1. The number of hydrogen-bond acceptors (Lipinski definition) is 3. The van der Waals surface area contributed by atoms with E-state index in [0.29, 0.717) is 10.8 Å². The maximum atomic E-state index is 10.9. The van der Waals surface area contributed by atoms with Crippen LogP contribution < -0.4 is 4.74 Å². The highest BCUT2D eigenvalue weighted by atomic mass is 35.5. The highest BCUT2D eigenvalue weighted by Gasteiger charge is 2.16. The van der Waals surface area contributed by atoms with E-state index < -0.39 is 12.1 Å². The monoisotopic (exact) mass is 279 g/mol. The summed E-state index contributed by atoms with van der Waals surface area (Å²) >= 11 is 6.07. The molecule has 0 amide bonds. The van der Waals surface area contributed by atoms with Gasteiger partial charge >= 0.3 is 5.97 Å². The van der Waals surface area contributed by atoms with Gasteiger partial charge in [-0.25, -0.2) is 4.79 Å². The number of nitrogens with zero attached hydrogens (tertiary/aromatic N) is 1. The average molecular weight is 280 g/mol. The molecule has 0 bridgehead atoms. The Morgan fingerprint density at radius 3 is 2.74 bits per heavy atom. The largest absolute Gasteiger partial charge is 0.479 e. The van der Waals surface area contributed by atoms with E-state index in [-0.39, 0.29) is 0 Å². The fraction of sp³-hybridized carbons (Fsp3) is 0.286. The molecule has 1 aromatic heterocycles. The number of aryl methyl sites for hydroxylation is 2. The van der Waals surface area contributed by atoms with E-state index >= 15 is 0 Å². The van der Waals surface area contributed by atoms with Crippen LogP contribution in [0.2, 0.25) is 5.02 Å². The van der Waals surface area contributed by atoms with E-state index in [1.54, 1.807) is 18.2 Å². The van der Waals surface area contributed by atoms with Crippen molar-refractivity contribution in [3.63, 3.8) is 0 Å². The van der Waals surface area contributed by atoms with Crippen molar-refractivity contribution < 1.29 is 14.6 Å². The molecule has 1 atom stereocenters. The summed E-state index contributed by atoms with van der Waals surface area (Å²) < 4.78 is 5.48. The molecule has 4 nitrogen and oxygen atoms in total. The number of aliphatic carboxylic acids is 1. The van der Waals surface area contributed by atoms with Gasteiger partial charge in [0.05, 0.1) is 5.52 Å². The summed E-state index contributed by atoms with van der Waals surface area (Å²) in [5, 5.41) is 10.3. The quantitative estimate of drug-likeness (QED) is 0.936. The molecular weight excluding hydrogens is 266 g/mol. The van der Waals surface area contributed by atoms with Crippen LogP contribution in [0.3, 0.4) is 0 Å². The summed E-state index contributed by atoms with van der Waals surface area (Å²) in [6.45, 7) is 5.20. The predicted octanol–water partition coefficient (Wildman–Crippen LogP) is 3.36. The van der Waals surface area contributed by atoms with Crippen LogP contribution in [0.25, 0.3) is 10.9 Å². The Morgan fingerprint density at radius 1 is 1.42 bits per heavy atom. The second-order valence-corrected chi connectivity index (χ2v) is 4.84. The van der Waals surface area contributed by atoms with Crippen molar-refractivity contribution in [2.24, 2.45) is 0 Å². The fourth-order valence-corrected chi connectivity index (χ4v) is 1.99. The summed E-state index contributed by atoms with van der Waals surface area (Å²) in [7, 11) is 0. The van der Waals surface area contributed by atoms with Gasteiger partial charge in [-0.1, -0.05) is 11.6 Å². The van der Waals surface area contributed by atoms with Gasteiger partial charge in [-0.3, -0.25) is 4.98 Å². The average Bonchev–Trinajstić information content (AvgIpc) is 2.34. The number of carboxylic acids is 1. The van der Waals surface area contributed by atoms with Gasteiger partial charge in [-0.05, 0) is 38.5 Å². The van der Waals surface area contributed by atoms with Crippen LogP contribution in [0, 0.1) is 13.8 Å². The van der Waals surface area contributed by atoms with E-state index in [4.69, 9.17) is 21.4 Å². The molecule has 0 aliphatic rings. The topological polar surface area (TPSA) is 59.4 Å². The van der Waals surface area contributed by atoms with E-state index in [1.165, 1.54) is 6.92 Å². The molecule has 0 fully saturated rings. The van der Waals surface area contributed by atoms with E-state index in [9.17, 15) is 4.79 Å². The van der Waals surface area contributed by atoms with Crippen molar-refractivity contribution in [1.29, 1.82) is 0 Å². The van der Waals surface area contributed by atoms with Crippen LogP contribution in [0.4, 0.5) is 0 Å². The number of hydrogen-bond donors (Lipinski definition) is 1. The number of carboxylic acid groups (broad SMARTS) is 1. The van der Waals surface area contributed by atoms with Crippen molar-refractivity contribution in [1.82, 2.24) is 4.98 Å². The summed E-state index contributed by atoms with van der Waals surface area (Å²) in [5.41, 5.74) is 2.35. The first-order valence-corrected chi connectivity index (χ1v) is 6.24. The van der Waals surface area contributed by atoms with Crippen LogP contribution in [-0.4, -0.2) is 22.2 Å². The van der Waals surface area contributed by atoms with Crippen molar-refractivity contribution in [3.8, 4) is 5.75 Å². The minimum absolute atomic E-state index is 0.511. The highest BCUT2D eigenvalue weighted by molar-refractivity contribution is 6.32. The lowest BCUT2D eigenvalue weighted by Gasteiger charge is -2.14. The van der Waals surface area contributed by atoms with Crippen LogP contribution in [0.15, 0.2) is 18.2 Å². The molecule has 1 aromatic carbocycles. The van der Waals surface area contributed by atoms with Gasteiger partial charge in [-0.2, -0.15) is 0 Å². The highest BCUT2D eigenvalue weighted by Crippen LogP contribution is 2.31. The first-order valence-electron chi connectivity index (χ1n) is 5.86. The molecule has 1 N–H and O–H groups in total. The minimum Gasteiger partial charge on any atom is -0.479 e. The van der Waals surface area contributed by atoms with Crippen LogP contribution in [0.5, 0.6) is 5.75 Å². The molecule has 0 saturated carbocycles. The number of fused-ring (bicyclic) bond motifs is 1. The second kappa shape index (κ2) is 5.05. The maximum absolute atomic E-state index is 10.9. The van der Waals surface area contributed by atoms with Gasteiger partial charge in [0, 0.05) is 22.2 Å². The number of pyridine rings is 1. The van der Waals surface area contributed by atoms with E-state index in [0.717, 1.165) is 22.2 Å². The molecule has 0 radical (unpaired) electrons. The van der Waals surface area contributed by atoms with Gasteiger partial charge < -0.3 is 9.84 Å². The lowest BCUT2D eigenvalue weighted by molar-refractivity contribution is -0.144. The standard InChI is InChI=1S/C14H14ClNO3/c1-7-6-12(19-9(3)14(17)18)10-4-5-11(15)8(2)13(10)16-7/h4-6,9H,1-3H3,(H,17,18). The van der Waals surface area contributed by atoms with Gasteiger partial charge in [0.15, 0.2) is 6.10 Å². The molecule has 5 heteroatoms. The molecule has 1 unspecified atom stereocenters. The van der Waals surface area contributed by atoms with Crippen molar-refractivity contribution in [2.75, 3.05) is 0 Å². The molecule has 100 valence electrons. The molecular formula is C14H14ClNO3. The first kappa shape index (κ1) is 13.6. The summed E-state index contributed by atoms with van der Waals surface area (Å²) in [4.78, 5) is 15.3. The normalized spacial score (nSPS) is 12.4. The third-order valence-electron chi connectivity index (χ3n) is 2.91. The van der Waals surface area contributed by atoms with Crippen LogP contribution in [0.1, 0.15) is 18.2 Å². The van der Waals surface area contributed by atoms with Crippen molar-refractivity contribution in [2.45, 2.75) is 26.9 Å². The van der Waals surface area contributed by atoms with Gasteiger partial charge in [0.2, 0.25) is 0 Å². The van der Waals surface area contributed by atoms with Crippen LogP contribution >= 0.6 is 11.6 Å². The third kappa shape index (κ3) is 2.63. The van der Waals surface area contributed by atoms with Crippen LogP contribution in [-0.2, 0) is 4.79 Å². The first-order chi connectivity index (χ1) is 8.90. The van der Waals surface area contributed by atoms with Gasteiger partial charge in [-0.15, -0.1) is 0 Å². The number of carbonyl (C=O) groups is 1. The Hall–Kier alpha value is -1.81. The molecule has 0 spiro atoms. The Morgan fingerprint density at radius 2 is 2.11 bits per heavy atom. The lowest BCUT2D eigenvalue weighted by atomic mass is 10.1. The Kier molecular flexibility index (Phi) is 3.62. The van der Waals surface area contributed by atoms with E-state index in [1.807, 2.05) is 13.8 Å². The smallest absolute Gasteiger partial charge is 0.344 e. The minimum atomic E-state index is -1.01. The number of benzene rings is 1. The lowest BCUT2D eigenvalue weighted by Crippen LogP contribution is -2.23. The zero-order valence-corrected chi connectivity index (χ0v) is 11.7. The second-order valence-electron chi connectivity index (χ2n) is 4.43. The molecule has 2 aromatic rings. The van der Waals surface area contributed by atoms with Gasteiger partial charge in [0.1, 0.15) is 5.75 Å². The molecule has 1 heterocycles. The third-order valence-corrected chi connectivity index (χ3v) is 3.32. The number of rotatable bonds is 3. The van der Waals surface area contributed by atoms with E-state index in [2.05, 4.69) is 4.98 Å². The molecule has 0 aliphatic heterocycles. The van der Waals surface area contributed by atoms with Crippen molar-refractivity contribution in [3.05, 3.63) is 34.5 Å². The number of ether oxygens (including phenoxy) is 1. The molecule has 19 heavy (non-hydrogen) atoms. The number of aromatic nitrogens is 1. The van der Waals surface area contributed by atoms with Crippen molar-refractivity contribution >= 4 is 28.5 Å². The summed E-state index contributed by atoms with van der Waals surface area (Å²) in [5.74, 6) is -0.495. The molecule has 2 rings (SSSR count).